The van der Waals surface area contributed by atoms with Crippen molar-refractivity contribution in [3.63, 3.8) is 0 Å². The van der Waals surface area contributed by atoms with E-state index in [0.29, 0.717) is 11.8 Å². The maximum absolute atomic E-state index is 5.30. The summed E-state index contributed by atoms with van der Waals surface area (Å²) in [6.07, 6.45) is 26.9. The van der Waals surface area contributed by atoms with Gasteiger partial charge < -0.3 is 0 Å². The van der Waals surface area contributed by atoms with E-state index in [1.807, 2.05) is 68.0 Å². The fourth-order valence-electron chi connectivity index (χ4n) is 11.3. The molecule has 404 valence electrons. The zero-order valence-electron chi connectivity index (χ0n) is 45.6. The molecule has 1 aliphatic rings. The molecule has 0 N–H and O–H groups in total. The van der Waals surface area contributed by atoms with Gasteiger partial charge in [-0.3, -0.25) is 9.97 Å². The van der Waals surface area contributed by atoms with Gasteiger partial charge in [0.15, 0.2) is 0 Å². The first kappa shape index (κ1) is 55.4. The van der Waals surface area contributed by atoms with Gasteiger partial charge in [0.25, 0.3) is 0 Å². The third-order valence-electron chi connectivity index (χ3n) is 15.7. The molecule has 11 heterocycles. The van der Waals surface area contributed by atoms with Gasteiger partial charge in [0.1, 0.15) is 33.5 Å². The normalized spacial score (nSPS) is 14.3. The summed E-state index contributed by atoms with van der Waals surface area (Å²) < 4.78 is 20.1. The molecule has 0 fully saturated rings. The second-order valence-corrected chi connectivity index (χ2v) is 32.1. The van der Waals surface area contributed by atoms with Gasteiger partial charge >= 0.3 is 0 Å². The van der Waals surface area contributed by atoms with Crippen LogP contribution in [0.5, 0.6) is 0 Å². The topological polar surface area (TPSA) is 77.3 Å². The molecule has 10 aromatic rings. The lowest BCUT2D eigenvalue weighted by Crippen LogP contribution is -2.20. The van der Waals surface area contributed by atoms with E-state index in [1.165, 1.54) is 199 Å². The number of thiophene rings is 6. The minimum atomic E-state index is -1.46. The Morgan fingerprint density at radius 2 is 0.805 bits per heavy atom. The maximum atomic E-state index is 5.30. The summed E-state index contributed by atoms with van der Waals surface area (Å²) in [5.41, 5.74) is 7.86. The fourth-order valence-corrected chi connectivity index (χ4v) is 25.5. The molecule has 1 aliphatic heterocycles. The molecule has 0 saturated carbocycles. The summed E-state index contributed by atoms with van der Waals surface area (Å²) in [5, 5.41) is 0. The summed E-state index contributed by atoms with van der Waals surface area (Å²) in [5.74, 6) is 3.80. The van der Waals surface area contributed by atoms with E-state index in [-0.39, 0.29) is 0 Å². The minimum Gasteiger partial charge on any atom is -0.252 e. The molecule has 6 nitrogen and oxygen atoms in total. The third-order valence-corrected chi connectivity index (χ3v) is 28.8. The molecule has 0 aromatic carbocycles. The van der Waals surface area contributed by atoms with E-state index in [0.717, 1.165) is 54.3 Å². The number of pyridine rings is 2. The van der Waals surface area contributed by atoms with Crippen molar-refractivity contribution >= 4 is 124 Å². The first-order valence-electron chi connectivity index (χ1n) is 28.5. The zero-order valence-corrected chi connectivity index (χ0v) is 52.9. The Kier molecular flexibility index (Phi) is 18.4. The van der Waals surface area contributed by atoms with Gasteiger partial charge in [0.2, 0.25) is 0 Å². The van der Waals surface area contributed by atoms with Crippen molar-refractivity contribution in [1.82, 2.24) is 27.5 Å². The molecule has 0 aliphatic carbocycles. The van der Waals surface area contributed by atoms with Gasteiger partial charge in [-0.1, -0.05) is 119 Å². The number of unbranched alkanes of at least 4 members (excludes halogenated alkanes) is 8. The average molecular weight is 1190 g/mol. The Morgan fingerprint density at radius 1 is 0.403 bits per heavy atom. The summed E-state index contributed by atoms with van der Waals surface area (Å²) >= 11 is 14.1. The predicted molar refractivity (Wildman–Crippen MR) is 345 cm³/mol. The van der Waals surface area contributed by atoms with Crippen LogP contribution in [0.2, 0.25) is 0 Å². The van der Waals surface area contributed by atoms with Crippen LogP contribution in [-0.2, 0) is 12.8 Å². The number of hydrogen-bond acceptors (Lipinski definition) is 14. The van der Waals surface area contributed by atoms with Gasteiger partial charge in [-0.25, -0.2) is 0 Å². The highest BCUT2D eigenvalue weighted by Gasteiger charge is 2.45. The summed E-state index contributed by atoms with van der Waals surface area (Å²) in [6, 6.07) is 23.6. The van der Waals surface area contributed by atoms with Crippen LogP contribution in [0, 0.1) is 11.8 Å². The Balaban J connectivity index is 0.966. The van der Waals surface area contributed by atoms with Crippen LogP contribution in [0.1, 0.15) is 154 Å². The third kappa shape index (κ3) is 11.6. The molecule has 0 spiro atoms. The average Bonchev–Trinajstić information content (AvgIpc) is 4.45. The molecular formula is C62H72N6S9. The van der Waals surface area contributed by atoms with Gasteiger partial charge in [-0.05, 0) is 123 Å². The number of rotatable bonds is 28. The standard InChI is InChI=1S/C62H72N6S9/c1-7-13-17-19-23-41-25-27-45(69-41)47-29-31-49(71-47)57-59-55(65-75-67-59)43(35-63-57)51-33-53-61(73-51)62-54(77(53,37-39(11-5)21-15-9-3)38-40(12-6)22-16-10-4)34-52(74-62)44-36-64-58(60-56(44)66-76-68-60)50-32-30-48(72-50)46-28-26-42(70-46)24-20-18-14-8-2/h25-36,39-40H,7-24,37-38H2,1-6H3. The molecule has 2 atom stereocenters. The van der Waals surface area contributed by atoms with Crippen LogP contribution in [0.3, 0.4) is 0 Å². The number of hydrogen-bond donors (Lipinski definition) is 0. The Morgan fingerprint density at radius 3 is 1.23 bits per heavy atom. The van der Waals surface area contributed by atoms with E-state index >= 15 is 0 Å². The molecule has 10 aromatic heterocycles. The lowest BCUT2D eigenvalue weighted by molar-refractivity contribution is 0.484. The number of aryl methyl sites for hydroxylation is 2. The molecule has 0 radical (unpaired) electrons. The molecule has 77 heavy (non-hydrogen) atoms. The first-order chi connectivity index (χ1) is 37.9. The van der Waals surface area contributed by atoms with Crippen LogP contribution in [0.25, 0.3) is 93.4 Å². The Bertz CT molecular complexity index is 3310. The molecule has 11 rings (SSSR count). The van der Waals surface area contributed by atoms with E-state index in [2.05, 4.69) is 115 Å². The zero-order chi connectivity index (χ0) is 52.9. The van der Waals surface area contributed by atoms with Crippen LogP contribution in [0.15, 0.2) is 82.8 Å². The molecule has 2 unspecified atom stereocenters. The fraction of sp³-hybridized carbons (Fsp3) is 0.452. The Hall–Kier alpha value is -3.51. The van der Waals surface area contributed by atoms with Crippen LogP contribution >= 0.6 is 102 Å². The van der Waals surface area contributed by atoms with Crippen molar-refractivity contribution in [1.29, 1.82) is 0 Å². The number of nitrogens with zero attached hydrogens (tertiary/aromatic N) is 6. The van der Waals surface area contributed by atoms with Crippen molar-refractivity contribution in [3.8, 4) is 71.3 Å². The predicted octanol–water partition coefficient (Wildman–Crippen LogP) is 22.7. The highest BCUT2D eigenvalue weighted by atomic mass is 32.3. The van der Waals surface area contributed by atoms with Crippen LogP contribution < -0.4 is 0 Å². The largest absolute Gasteiger partial charge is 0.252 e. The van der Waals surface area contributed by atoms with Crippen molar-refractivity contribution < 1.29 is 0 Å². The molecule has 0 amide bonds. The SMILES string of the molecule is CCCCCCc1ccc(-c2ccc(-c3ncc(-c4cc5c(s4)-c4sc(-c6cnc(-c7ccc(-c8ccc(CCCCCC)s8)s7)c7nsnc67)cc4S5(CC(CC)CCCC)CC(CC)CCCC)c4nsnc34)s2)s1. The summed E-state index contributed by atoms with van der Waals surface area (Å²) in [6.45, 7) is 14.2. The Labute approximate surface area is 490 Å². The van der Waals surface area contributed by atoms with E-state index in [1.54, 1.807) is 9.79 Å². The molecule has 0 saturated heterocycles. The van der Waals surface area contributed by atoms with Crippen LogP contribution in [0.4, 0.5) is 0 Å². The second-order valence-electron chi connectivity index (χ2n) is 21.1. The molecule has 0 bridgehead atoms. The van der Waals surface area contributed by atoms with E-state index < -0.39 is 10.0 Å². The van der Waals surface area contributed by atoms with Gasteiger partial charge in [0, 0.05) is 72.3 Å². The second kappa shape index (κ2) is 25.5. The minimum absolute atomic E-state index is 0.662. The number of fused-ring (bicyclic) bond motifs is 5. The molecule has 15 heteroatoms. The van der Waals surface area contributed by atoms with Crippen molar-refractivity contribution in [2.24, 2.45) is 11.8 Å². The van der Waals surface area contributed by atoms with Gasteiger partial charge in [-0.2, -0.15) is 27.5 Å². The first-order valence-corrected chi connectivity index (χ1v) is 36.9. The lowest BCUT2D eigenvalue weighted by atomic mass is 10.0. The monoisotopic (exact) mass is 1190 g/mol. The lowest BCUT2D eigenvalue weighted by Gasteiger charge is -2.42. The highest BCUT2D eigenvalue weighted by Crippen LogP contribution is 2.77. The van der Waals surface area contributed by atoms with Crippen molar-refractivity contribution in [2.45, 2.75) is 167 Å². The number of aromatic nitrogens is 6. The summed E-state index contributed by atoms with van der Waals surface area (Å²) in [7, 11) is -1.46. The van der Waals surface area contributed by atoms with Crippen LogP contribution in [-0.4, -0.2) is 39.0 Å². The smallest absolute Gasteiger partial charge is 0.132 e. The van der Waals surface area contributed by atoms with Gasteiger partial charge in [-0.15, -0.1) is 68.0 Å². The molecular weight excluding hydrogens is 1120 g/mol. The maximum Gasteiger partial charge on any atom is 0.132 e. The van der Waals surface area contributed by atoms with E-state index in [4.69, 9.17) is 27.5 Å². The van der Waals surface area contributed by atoms with Gasteiger partial charge in [0.05, 0.1) is 43.0 Å². The highest BCUT2D eigenvalue weighted by molar-refractivity contribution is 8.34. The van der Waals surface area contributed by atoms with Crippen molar-refractivity contribution in [3.05, 3.63) is 82.8 Å². The van der Waals surface area contributed by atoms with Crippen molar-refractivity contribution in [2.75, 3.05) is 11.5 Å². The summed E-state index contributed by atoms with van der Waals surface area (Å²) in [4.78, 5) is 29.8. The van der Waals surface area contributed by atoms with E-state index in [9.17, 15) is 0 Å². The quantitative estimate of drug-likeness (QED) is 0.0455.